The van der Waals surface area contributed by atoms with Gasteiger partial charge in [-0.1, -0.05) is 18.2 Å². The van der Waals surface area contributed by atoms with E-state index in [1.54, 1.807) is 6.07 Å². The van der Waals surface area contributed by atoms with Crippen LogP contribution in [-0.4, -0.2) is 5.11 Å². The minimum Gasteiger partial charge on any atom is -0.508 e. The molecule has 2 heteroatoms. The number of hydrogen-bond donors (Lipinski definition) is 1. The first kappa shape index (κ1) is 14.4. The van der Waals surface area contributed by atoms with Crippen molar-refractivity contribution in [1.82, 2.24) is 0 Å². The Morgan fingerprint density at radius 2 is 1.45 bits per heavy atom. The van der Waals surface area contributed by atoms with Gasteiger partial charge in [0.2, 0.25) is 0 Å². The molecule has 0 fully saturated rings. The van der Waals surface area contributed by atoms with Crippen molar-refractivity contribution in [3.05, 3.63) is 57.6 Å². The molecule has 0 aliphatic heterocycles. The summed E-state index contributed by atoms with van der Waals surface area (Å²) in [6.45, 7) is 10.7. The summed E-state index contributed by atoms with van der Waals surface area (Å²) in [4.78, 5) is 0. The zero-order chi connectivity index (χ0) is 14.9. The van der Waals surface area contributed by atoms with Crippen molar-refractivity contribution in [3.63, 3.8) is 0 Å². The Kier molecular flexibility index (Phi) is 4.03. The van der Waals surface area contributed by atoms with Crippen LogP contribution < -0.4 is 4.74 Å². The molecule has 2 rings (SSSR count). The summed E-state index contributed by atoms with van der Waals surface area (Å²) < 4.78 is 6.03. The number of phenolic OH excluding ortho intramolecular Hbond substituents is 1. The van der Waals surface area contributed by atoms with Crippen molar-refractivity contribution in [2.75, 3.05) is 0 Å². The molecule has 0 saturated carbocycles. The van der Waals surface area contributed by atoms with Gasteiger partial charge in [0.1, 0.15) is 18.1 Å². The fourth-order valence-electron chi connectivity index (χ4n) is 2.32. The third-order valence-corrected chi connectivity index (χ3v) is 4.12. The van der Waals surface area contributed by atoms with Crippen molar-refractivity contribution in [2.24, 2.45) is 0 Å². The molecule has 1 N–H and O–H groups in total. The van der Waals surface area contributed by atoms with Crippen LogP contribution in [0.5, 0.6) is 11.5 Å². The second kappa shape index (κ2) is 5.58. The number of benzene rings is 2. The molecule has 0 heterocycles. The van der Waals surface area contributed by atoms with Crippen LogP contribution >= 0.6 is 0 Å². The molecule has 0 radical (unpaired) electrons. The Bertz CT molecular complexity index is 642. The van der Waals surface area contributed by atoms with Gasteiger partial charge in [0, 0.05) is 0 Å². The molecule has 2 aromatic rings. The monoisotopic (exact) mass is 270 g/mol. The van der Waals surface area contributed by atoms with Gasteiger partial charge in [-0.05, 0) is 74.1 Å². The van der Waals surface area contributed by atoms with Gasteiger partial charge >= 0.3 is 0 Å². The van der Waals surface area contributed by atoms with E-state index in [2.05, 4.69) is 32.9 Å². The van der Waals surface area contributed by atoms with Crippen LogP contribution in [0.4, 0.5) is 0 Å². The van der Waals surface area contributed by atoms with E-state index in [1.165, 1.54) is 11.1 Å². The summed E-state index contributed by atoms with van der Waals surface area (Å²) in [6.07, 6.45) is 0. The molecule has 0 bridgehead atoms. The third kappa shape index (κ3) is 2.64. The highest BCUT2D eigenvalue weighted by molar-refractivity contribution is 5.46. The van der Waals surface area contributed by atoms with Crippen LogP contribution in [0, 0.1) is 34.6 Å². The molecule has 0 saturated heterocycles. The fourth-order valence-corrected chi connectivity index (χ4v) is 2.32. The maximum Gasteiger partial charge on any atom is 0.125 e. The van der Waals surface area contributed by atoms with Crippen molar-refractivity contribution < 1.29 is 9.84 Å². The average molecular weight is 270 g/mol. The largest absolute Gasteiger partial charge is 0.508 e. The number of aryl methyl sites for hydroxylation is 2. The zero-order valence-corrected chi connectivity index (χ0v) is 12.9. The lowest BCUT2D eigenvalue weighted by atomic mass is 10.0. The summed E-state index contributed by atoms with van der Waals surface area (Å²) in [6, 6.07) is 7.87. The Balaban J connectivity index is 2.26. The summed E-state index contributed by atoms with van der Waals surface area (Å²) in [5.74, 6) is 1.31. The number of ether oxygens (including phenoxy) is 1. The molecule has 0 spiro atoms. The van der Waals surface area contributed by atoms with Crippen molar-refractivity contribution >= 4 is 0 Å². The van der Waals surface area contributed by atoms with Gasteiger partial charge in [-0.2, -0.15) is 0 Å². The standard InChI is InChI=1S/C18H22O2/c1-11-6-7-12(2)18(13(11)3)20-10-16-8-9-17(19)15(5)14(16)4/h6-9,19H,10H2,1-5H3. The molecule has 0 unspecified atom stereocenters. The van der Waals surface area contributed by atoms with E-state index in [1.807, 2.05) is 19.9 Å². The van der Waals surface area contributed by atoms with E-state index in [-0.39, 0.29) is 0 Å². The maximum absolute atomic E-state index is 9.69. The van der Waals surface area contributed by atoms with Crippen LogP contribution in [0.15, 0.2) is 24.3 Å². The van der Waals surface area contributed by atoms with E-state index in [0.717, 1.165) is 28.0 Å². The lowest BCUT2D eigenvalue weighted by molar-refractivity contribution is 0.300. The van der Waals surface area contributed by atoms with E-state index in [9.17, 15) is 5.11 Å². The Labute approximate surface area is 121 Å². The summed E-state index contributed by atoms with van der Waals surface area (Å²) in [5, 5.41) is 9.69. The van der Waals surface area contributed by atoms with Gasteiger partial charge in [-0.15, -0.1) is 0 Å². The lowest BCUT2D eigenvalue weighted by Gasteiger charge is -2.16. The highest BCUT2D eigenvalue weighted by Gasteiger charge is 2.09. The molecule has 0 atom stereocenters. The highest BCUT2D eigenvalue weighted by atomic mass is 16.5. The molecule has 0 aliphatic rings. The Hall–Kier alpha value is -1.96. The fraction of sp³-hybridized carbons (Fsp3) is 0.333. The first-order valence-electron chi connectivity index (χ1n) is 6.89. The summed E-state index contributed by atoms with van der Waals surface area (Å²) >= 11 is 0. The zero-order valence-electron chi connectivity index (χ0n) is 12.9. The Morgan fingerprint density at radius 1 is 0.800 bits per heavy atom. The van der Waals surface area contributed by atoms with Crippen LogP contribution in [-0.2, 0) is 6.61 Å². The van der Waals surface area contributed by atoms with Crippen molar-refractivity contribution in [3.8, 4) is 11.5 Å². The third-order valence-electron chi connectivity index (χ3n) is 4.12. The van der Waals surface area contributed by atoms with Crippen LogP contribution in [0.1, 0.15) is 33.4 Å². The normalized spacial score (nSPS) is 10.7. The molecule has 2 aromatic carbocycles. The second-order valence-corrected chi connectivity index (χ2v) is 5.44. The van der Waals surface area contributed by atoms with Crippen LogP contribution in [0.25, 0.3) is 0 Å². The Morgan fingerprint density at radius 3 is 2.15 bits per heavy atom. The number of rotatable bonds is 3. The van der Waals surface area contributed by atoms with E-state index in [4.69, 9.17) is 4.74 Å². The van der Waals surface area contributed by atoms with E-state index >= 15 is 0 Å². The molecule has 20 heavy (non-hydrogen) atoms. The molecule has 0 amide bonds. The number of hydrogen-bond acceptors (Lipinski definition) is 2. The molecule has 2 nitrogen and oxygen atoms in total. The molecular formula is C18H22O2. The van der Waals surface area contributed by atoms with Crippen LogP contribution in [0.3, 0.4) is 0 Å². The summed E-state index contributed by atoms with van der Waals surface area (Å²) in [7, 11) is 0. The number of phenols is 1. The van der Waals surface area contributed by atoms with Gasteiger partial charge in [0.15, 0.2) is 0 Å². The highest BCUT2D eigenvalue weighted by Crippen LogP contribution is 2.28. The average Bonchev–Trinajstić information content (AvgIpc) is 2.42. The molecular weight excluding hydrogens is 248 g/mol. The minimum atomic E-state index is 0.342. The van der Waals surface area contributed by atoms with E-state index in [0.29, 0.717) is 12.4 Å². The van der Waals surface area contributed by atoms with E-state index < -0.39 is 0 Å². The van der Waals surface area contributed by atoms with Gasteiger partial charge in [0.05, 0.1) is 0 Å². The molecule has 0 aliphatic carbocycles. The first-order chi connectivity index (χ1) is 9.41. The first-order valence-corrected chi connectivity index (χ1v) is 6.89. The topological polar surface area (TPSA) is 29.5 Å². The molecule has 106 valence electrons. The van der Waals surface area contributed by atoms with Gasteiger partial charge in [-0.3, -0.25) is 0 Å². The second-order valence-electron chi connectivity index (χ2n) is 5.44. The lowest BCUT2D eigenvalue weighted by Crippen LogP contribution is -2.02. The van der Waals surface area contributed by atoms with Crippen molar-refractivity contribution in [2.45, 2.75) is 41.2 Å². The number of aromatic hydroxyl groups is 1. The van der Waals surface area contributed by atoms with Crippen molar-refractivity contribution in [1.29, 1.82) is 0 Å². The van der Waals surface area contributed by atoms with Crippen LogP contribution in [0.2, 0.25) is 0 Å². The minimum absolute atomic E-state index is 0.342. The smallest absolute Gasteiger partial charge is 0.125 e. The van der Waals surface area contributed by atoms with Gasteiger partial charge < -0.3 is 9.84 Å². The summed E-state index contributed by atoms with van der Waals surface area (Å²) in [5.41, 5.74) is 6.71. The predicted octanol–water partition coefficient (Wildman–Crippen LogP) is 4.51. The predicted molar refractivity (Wildman–Crippen MR) is 82.6 cm³/mol. The van der Waals surface area contributed by atoms with Gasteiger partial charge in [-0.25, -0.2) is 0 Å². The molecule has 0 aromatic heterocycles. The quantitative estimate of drug-likeness (QED) is 0.889. The SMILES string of the molecule is Cc1ccc(C)c(OCc2ccc(O)c(C)c2C)c1C. The van der Waals surface area contributed by atoms with Gasteiger partial charge in [0.25, 0.3) is 0 Å². The maximum atomic E-state index is 9.69.